The molecule has 0 bridgehead atoms. The number of nitrogens with zero attached hydrogens (tertiary/aromatic N) is 3. The molecule has 2 heterocycles. The summed E-state index contributed by atoms with van der Waals surface area (Å²) in [6.45, 7) is 12.8. The summed E-state index contributed by atoms with van der Waals surface area (Å²) in [4.78, 5) is 7.84. The van der Waals surface area contributed by atoms with Crippen molar-refractivity contribution in [3.63, 3.8) is 0 Å². The molecule has 2 rings (SSSR count). The smallest absolute Gasteiger partial charge is 0.0359 e. The van der Waals surface area contributed by atoms with Gasteiger partial charge in [0.25, 0.3) is 0 Å². The summed E-state index contributed by atoms with van der Waals surface area (Å²) in [6, 6.07) is 0.628. The quantitative estimate of drug-likeness (QED) is 0.841. The van der Waals surface area contributed by atoms with Crippen molar-refractivity contribution in [2.45, 2.75) is 51.1 Å². The van der Waals surface area contributed by atoms with Gasteiger partial charge in [0.05, 0.1) is 0 Å². The molecule has 20 heavy (non-hydrogen) atoms. The van der Waals surface area contributed by atoms with E-state index in [0.29, 0.717) is 6.04 Å². The minimum absolute atomic E-state index is 0.259. The van der Waals surface area contributed by atoms with Gasteiger partial charge in [-0.25, -0.2) is 0 Å². The molecular weight excluding hydrogens is 248 g/mol. The first-order valence-corrected chi connectivity index (χ1v) is 8.49. The van der Waals surface area contributed by atoms with Crippen LogP contribution in [0.4, 0.5) is 0 Å². The van der Waals surface area contributed by atoms with Crippen LogP contribution >= 0.6 is 0 Å². The van der Waals surface area contributed by atoms with Crippen molar-refractivity contribution >= 4 is 0 Å². The van der Waals surface area contributed by atoms with Crippen molar-refractivity contribution in [2.24, 2.45) is 5.73 Å². The van der Waals surface area contributed by atoms with Crippen molar-refractivity contribution < 1.29 is 0 Å². The van der Waals surface area contributed by atoms with E-state index in [0.717, 1.165) is 6.54 Å². The van der Waals surface area contributed by atoms with Crippen LogP contribution < -0.4 is 5.73 Å². The Labute approximate surface area is 125 Å². The second kappa shape index (κ2) is 7.21. The van der Waals surface area contributed by atoms with Gasteiger partial charge in [0.1, 0.15) is 0 Å². The Kier molecular flexibility index (Phi) is 5.84. The molecule has 1 atom stereocenters. The third kappa shape index (κ3) is 3.53. The summed E-state index contributed by atoms with van der Waals surface area (Å²) < 4.78 is 0. The van der Waals surface area contributed by atoms with Crippen molar-refractivity contribution in [1.29, 1.82) is 0 Å². The second-order valence-corrected chi connectivity index (χ2v) is 6.93. The van der Waals surface area contributed by atoms with Gasteiger partial charge in [0.15, 0.2) is 0 Å². The predicted molar refractivity (Wildman–Crippen MR) is 86.0 cm³/mol. The van der Waals surface area contributed by atoms with Gasteiger partial charge >= 0.3 is 0 Å². The first-order valence-electron chi connectivity index (χ1n) is 8.49. The highest BCUT2D eigenvalue weighted by atomic mass is 15.3. The van der Waals surface area contributed by atoms with Gasteiger partial charge in [-0.15, -0.1) is 0 Å². The molecule has 0 aromatic carbocycles. The zero-order valence-corrected chi connectivity index (χ0v) is 13.8. The van der Waals surface area contributed by atoms with Crippen LogP contribution in [0.25, 0.3) is 0 Å². The van der Waals surface area contributed by atoms with Crippen molar-refractivity contribution in [1.82, 2.24) is 14.7 Å². The molecule has 0 aromatic rings. The molecule has 2 N–H and O–H groups in total. The van der Waals surface area contributed by atoms with Gasteiger partial charge in [-0.2, -0.15) is 0 Å². The highest BCUT2D eigenvalue weighted by molar-refractivity contribution is 4.99. The zero-order valence-electron chi connectivity index (χ0n) is 13.8. The topological polar surface area (TPSA) is 35.7 Å². The Balaban J connectivity index is 2.03. The second-order valence-electron chi connectivity index (χ2n) is 6.93. The molecule has 2 saturated heterocycles. The average Bonchev–Trinajstić information content (AvgIpc) is 2.61. The SMILES string of the molecule is CCCN1CCC(CN)(N2CCCN(C)CC2C)CC1. The maximum absolute atomic E-state index is 6.26. The van der Waals surface area contributed by atoms with Crippen LogP contribution in [0.15, 0.2) is 0 Å². The Hall–Kier alpha value is -0.160. The summed E-state index contributed by atoms with van der Waals surface area (Å²) in [5.41, 5.74) is 6.52. The number of likely N-dealkylation sites (N-methyl/N-ethyl adjacent to an activating group) is 1. The molecule has 118 valence electrons. The minimum Gasteiger partial charge on any atom is -0.329 e. The largest absolute Gasteiger partial charge is 0.329 e. The summed E-state index contributed by atoms with van der Waals surface area (Å²) >= 11 is 0. The number of piperidine rings is 1. The van der Waals surface area contributed by atoms with Gasteiger partial charge < -0.3 is 15.5 Å². The van der Waals surface area contributed by atoms with Crippen LogP contribution in [0, 0.1) is 0 Å². The first kappa shape index (κ1) is 16.2. The van der Waals surface area contributed by atoms with E-state index in [1.54, 1.807) is 0 Å². The van der Waals surface area contributed by atoms with E-state index < -0.39 is 0 Å². The Morgan fingerprint density at radius 3 is 2.45 bits per heavy atom. The van der Waals surface area contributed by atoms with E-state index in [1.807, 2.05) is 0 Å². The predicted octanol–water partition coefficient (Wildman–Crippen LogP) is 1.22. The van der Waals surface area contributed by atoms with Gasteiger partial charge in [-0.1, -0.05) is 6.92 Å². The summed E-state index contributed by atoms with van der Waals surface area (Å²) in [6.07, 6.45) is 5.04. The summed E-state index contributed by atoms with van der Waals surface area (Å²) in [7, 11) is 2.25. The molecule has 2 fully saturated rings. The van der Waals surface area contributed by atoms with Crippen LogP contribution in [0.5, 0.6) is 0 Å². The van der Waals surface area contributed by atoms with E-state index in [9.17, 15) is 0 Å². The van der Waals surface area contributed by atoms with Crippen LogP contribution in [-0.4, -0.2) is 79.1 Å². The molecule has 0 amide bonds. The van der Waals surface area contributed by atoms with E-state index in [4.69, 9.17) is 5.73 Å². The maximum Gasteiger partial charge on any atom is 0.0359 e. The zero-order chi connectivity index (χ0) is 14.6. The lowest BCUT2D eigenvalue weighted by Gasteiger charge is -2.50. The van der Waals surface area contributed by atoms with Gasteiger partial charge in [0.2, 0.25) is 0 Å². The van der Waals surface area contributed by atoms with E-state index in [-0.39, 0.29) is 5.54 Å². The summed E-state index contributed by atoms with van der Waals surface area (Å²) in [5.74, 6) is 0. The van der Waals surface area contributed by atoms with Gasteiger partial charge in [0, 0.05) is 31.2 Å². The van der Waals surface area contributed by atoms with Gasteiger partial charge in [-0.05, 0) is 65.8 Å². The monoisotopic (exact) mass is 282 g/mol. The van der Waals surface area contributed by atoms with Crippen LogP contribution in [-0.2, 0) is 0 Å². The lowest BCUT2D eigenvalue weighted by Crippen LogP contribution is -2.62. The maximum atomic E-state index is 6.26. The number of hydrogen-bond donors (Lipinski definition) is 1. The van der Waals surface area contributed by atoms with Crippen molar-refractivity contribution in [2.75, 3.05) is 52.9 Å². The number of hydrogen-bond acceptors (Lipinski definition) is 4. The molecule has 2 aliphatic rings. The summed E-state index contributed by atoms with van der Waals surface area (Å²) in [5, 5.41) is 0. The average molecular weight is 282 g/mol. The third-order valence-electron chi connectivity index (χ3n) is 5.36. The standard InChI is InChI=1S/C16H34N4/c1-4-8-19-11-6-16(14-17,7-12-19)20-10-5-9-18(3)13-15(20)2/h15H,4-14,17H2,1-3H3. The number of nitrogens with two attached hydrogens (primary N) is 1. The first-order chi connectivity index (χ1) is 9.61. The van der Waals surface area contributed by atoms with Crippen molar-refractivity contribution in [3.05, 3.63) is 0 Å². The highest BCUT2D eigenvalue weighted by Crippen LogP contribution is 2.31. The van der Waals surface area contributed by atoms with E-state index in [1.165, 1.54) is 65.0 Å². The molecule has 0 saturated carbocycles. The van der Waals surface area contributed by atoms with E-state index >= 15 is 0 Å². The Bertz CT molecular complexity index is 286. The lowest BCUT2D eigenvalue weighted by molar-refractivity contribution is 0.00331. The molecule has 0 radical (unpaired) electrons. The molecule has 0 spiro atoms. The number of likely N-dealkylation sites (tertiary alicyclic amines) is 1. The minimum atomic E-state index is 0.259. The van der Waals surface area contributed by atoms with E-state index in [2.05, 4.69) is 35.6 Å². The van der Waals surface area contributed by atoms with Crippen LogP contribution in [0.1, 0.15) is 39.5 Å². The molecule has 4 heteroatoms. The molecule has 4 nitrogen and oxygen atoms in total. The molecule has 0 aromatic heterocycles. The van der Waals surface area contributed by atoms with Gasteiger partial charge in [-0.3, -0.25) is 4.90 Å². The Morgan fingerprint density at radius 2 is 1.85 bits per heavy atom. The lowest BCUT2D eigenvalue weighted by atomic mass is 9.84. The molecule has 2 aliphatic heterocycles. The fourth-order valence-electron chi connectivity index (χ4n) is 4.19. The third-order valence-corrected chi connectivity index (χ3v) is 5.36. The normalized spacial score (nSPS) is 30.3. The fourth-order valence-corrected chi connectivity index (χ4v) is 4.19. The molecule has 1 unspecified atom stereocenters. The van der Waals surface area contributed by atoms with Crippen LogP contribution in [0.3, 0.4) is 0 Å². The molecule has 0 aliphatic carbocycles. The highest BCUT2D eigenvalue weighted by Gasteiger charge is 2.41. The number of rotatable bonds is 4. The Morgan fingerprint density at radius 1 is 1.15 bits per heavy atom. The molecular formula is C16H34N4. The fraction of sp³-hybridized carbons (Fsp3) is 1.00. The van der Waals surface area contributed by atoms with Crippen LogP contribution in [0.2, 0.25) is 0 Å². The van der Waals surface area contributed by atoms with Crippen molar-refractivity contribution in [3.8, 4) is 0 Å².